The average Bonchev–Trinajstić information content (AvgIpc) is 2.52. The molecule has 2 rings (SSSR count). The van der Waals surface area contributed by atoms with Crippen LogP contribution in [-0.2, 0) is 4.79 Å². The highest BCUT2D eigenvalue weighted by Gasteiger charge is 2.16. The third-order valence-electron chi connectivity index (χ3n) is 3.57. The summed E-state index contributed by atoms with van der Waals surface area (Å²) in [5.41, 5.74) is 2.51. The van der Waals surface area contributed by atoms with Crippen molar-refractivity contribution in [3.63, 3.8) is 0 Å². The van der Waals surface area contributed by atoms with Gasteiger partial charge in [0.25, 0.3) is 5.91 Å². The number of anilines is 1. The van der Waals surface area contributed by atoms with Crippen LogP contribution in [-0.4, -0.2) is 18.1 Å². The lowest BCUT2D eigenvalue weighted by atomic mass is 10.1. The van der Waals surface area contributed by atoms with Crippen LogP contribution >= 0.6 is 11.6 Å². The van der Waals surface area contributed by atoms with Crippen molar-refractivity contribution in [2.24, 2.45) is 0 Å². The van der Waals surface area contributed by atoms with Gasteiger partial charge in [0.05, 0.1) is 6.10 Å². The molecule has 2 aromatic rings. The van der Waals surface area contributed by atoms with Crippen LogP contribution in [0.2, 0.25) is 5.02 Å². The zero-order valence-corrected chi connectivity index (χ0v) is 16.0. The Kier molecular flexibility index (Phi) is 6.32. The lowest BCUT2D eigenvalue weighted by molar-refractivity contribution is -0.122. The van der Waals surface area contributed by atoms with E-state index in [1.807, 2.05) is 58.0 Å². The summed E-state index contributed by atoms with van der Waals surface area (Å²) in [5.74, 6) is 1.11. The Morgan fingerprint density at radius 3 is 2.24 bits per heavy atom. The maximum Gasteiger partial charge on any atom is 0.265 e. The molecular formula is C20H24ClNO3. The van der Waals surface area contributed by atoms with Crippen LogP contribution in [0.1, 0.15) is 31.9 Å². The van der Waals surface area contributed by atoms with E-state index in [2.05, 4.69) is 5.32 Å². The Balaban J connectivity index is 2.03. The summed E-state index contributed by atoms with van der Waals surface area (Å²) in [5, 5.41) is 3.56. The Hall–Kier alpha value is -2.20. The van der Waals surface area contributed by atoms with Gasteiger partial charge in [0.1, 0.15) is 11.5 Å². The second-order valence-electron chi connectivity index (χ2n) is 6.31. The summed E-state index contributed by atoms with van der Waals surface area (Å²) in [6.07, 6.45) is -0.570. The maximum absolute atomic E-state index is 12.4. The molecule has 0 aliphatic rings. The van der Waals surface area contributed by atoms with Crippen LogP contribution in [0, 0.1) is 13.8 Å². The molecule has 0 radical (unpaired) electrons. The molecule has 0 saturated carbocycles. The van der Waals surface area contributed by atoms with Gasteiger partial charge in [-0.15, -0.1) is 0 Å². The van der Waals surface area contributed by atoms with Crippen molar-refractivity contribution in [2.75, 3.05) is 5.32 Å². The highest BCUT2D eigenvalue weighted by Crippen LogP contribution is 2.26. The molecule has 0 aliphatic carbocycles. The molecule has 0 fully saturated rings. The van der Waals surface area contributed by atoms with Crippen molar-refractivity contribution in [1.29, 1.82) is 0 Å². The Morgan fingerprint density at radius 1 is 1.00 bits per heavy atom. The van der Waals surface area contributed by atoms with Crippen molar-refractivity contribution in [1.82, 2.24) is 0 Å². The normalized spacial score (nSPS) is 12.0. The highest BCUT2D eigenvalue weighted by atomic mass is 35.5. The van der Waals surface area contributed by atoms with E-state index in [-0.39, 0.29) is 12.0 Å². The summed E-state index contributed by atoms with van der Waals surface area (Å²) < 4.78 is 11.4. The van der Waals surface area contributed by atoms with Crippen molar-refractivity contribution < 1.29 is 14.3 Å². The third-order valence-corrected chi connectivity index (χ3v) is 4.16. The van der Waals surface area contributed by atoms with Gasteiger partial charge in [-0.2, -0.15) is 0 Å². The number of hydrogen-bond acceptors (Lipinski definition) is 3. The zero-order chi connectivity index (χ0) is 18.6. The quantitative estimate of drug-likeness (QED) is 0.773. The van der Waals surface area contributed by atoms with Crippen molar-refractivity contribution in [3.05, 3.63) is 52.5 Å². The molecule has 134 valence electrons. The molecule has 0 heterocycles. The lowest BCUT2D eigenvalue weighted by Crippen LogP contribution is -2.30. The molecule has 1 N–H and O–H groups in total. The SMILES string of the molecule is Cc1cc(O[C@@H](C)C(=O)Nc2cccc(OC(C)C)c2)cc(C)c1Cl. The fraction of sp³-hybridized carbons (Fsp3) is 0.350. The molecule has 1 amide bonds. The number of benzene rings is 2. The minimum Gasteiger partial charge on any atom is -0.491 e. The summed E-state index contributed by atoms with van der Waals surface area (Å²) in [4.78, 5) is 12.4. The Bertz CT molecular complexity index is 735. The largest absolute Gasteiger partial charge is 0.491 e. The summed E-state index contributed by atoms with van der Waals surface area (Å²) in [6, 6.07) is 11.0. The van der Waals surface area contributed by atoms with E-state index in [1.165, 1.54) is 0 Å². The first-order chi connectivity index (χ1) is 11.8. The van der Waals surface area contributed by atoms with Gasteiger partial charge in [0.15, 0.2) is 6.10 Å². The van der Waals surface area contributed by atoms with E-state index in [0.29, 0.717) is 22.2 Å². The van der Waals surface area contributed by atoms with E-state index in [1.54, 1.807) is 13.0 Å². The molecule has 4 nitrogen and oxygen atoms in total. The number of carbonyl (C=O) groups excluding carboxylic acids is 1. The van der Waals surface area contributed by atoms with Crippen LogP contribution < -0.4 is 14.8 Å². The second kappa shape index (κ2) is 8.26. The van der Waals surface area contributed by atoms with Gasteiger partial charge < -0.3 is 14.8 Å². The van der Waals surface area contributed by atoms with Gasteiger partial charge in [0.2, 0.25) is 0 Å². The molecule has 5 heteroatoms. The monoisotopic (exact) mass is 361 g/mol. The number of rotatable bonds is 6. The molecule has 0 unspecified atom stereocenters. The van der Waals surface area contributed by atoms with E-state index in [0.717, 1.165) is 11.1 Å². The topological polar surface area (TPSA) is 47.6 Å². The third kappa shape index (κ3) is 5.40. The minimum atomic E-state index is -0.644. The van der Waals surface area contributed by atoms with Gasteiger partial charge in [-0.25, -0.2) is 0 Å². The fourth-order valence-electron chi connectivity index (χ4n) is 2.40. The molecule has 25 heavy (non-hydrogen) atoms. The number of aryl methyl sites for hydroxylation is 2. The first kappa shape index (κ1) is 19.1. The maximum atomic E-state index is 12.4. The average molecular weight is 362 g/mol. The minimum absolute atomic E-state index is 0.0737. The first-order valence-corrected chi connectivity index (χ1v) is 8.65. The number of hydrogen-bond donors (Lipinski definition) is 1. The Morgan fingerprint density at radius 2 is 1.64 bits per heavy atom. The predicted molar refractivity (Wildman–Crippen MR) is 102 cm³/mol. The molecule has 2 aromatic carbocycles. The molecular weight excluding hydrogens is 338 g/mol. The van der Waals surface area contributed by atoms with Crippen LogP contribution in [0.25, 0.3) is 0 Å². The van der Waals surface area contributed by atoms with Crippen LogP contribution in [0.3, 0.4) is 0 Å². The van der Waals surface area contributed by atoms with Crippen molar-refractivity contribution in [3.8, 4) is 11.5 Å². The van der Waals surface area contributed by atoms with Crippen LogP contribution in [0.15, 0.2) is 36.4 Å². The van der Waals surface area contributed by atoms with E-state index in [9.17, 15) is 4.79 Å². The van der Waals surface area contributed by atoms with Gasteiger partial charge in [-0.05, 0) is 70.0 Å². The second-order valence-corrected chi connectivity index (χ2v) is 6.69. The van der Waals surface area contributed by atoms with E-state index >= 15 is 0 Å². The summed E-state index contributed by atoms with van der Waals surface area (Å²) in [7, 11) is 0. The lowest BCUT2D eigenvalue weighted by Gasteiger charge is -2.17. The number of amides is 1. The number of halogens is 1. The van der Waals surface area contributed by atoms with Gasteiger partial charge in [-0.1, -0.05) is 17.7 Å². The first-order valence-electron chi connectivity index (χ1n) is 8.27. The van der Waals surface area contributed by atoms with E-state index in [4.69, 9.17) is 21.1 Å². The highest BCUT2D eigenvalue weighted by molar-refractivity contribution is 6.32. The number of nitrogens with one attached hydrogen (secondary N) is 1. The molecule has 0 aliphatic heterocycles. The van der Waals surface area contributed by atoms with Crippen LogP contribution in [0.5, 0.6) is 11.5 Å². The summed E-state index contributed by atoms with van der Waals surface area (Å²) in [6.45, 7) is 9.44. The van der Waals surface area contributed by atoms with Crippen molar-refractivity contribution >= 4 is 23.2 Å². The molecule has 0 saturated heterocycles. The molecule has 0 bridgehead atoms. The van der Waals surface area contributed by atoms with Gasteiger partial charge >= 0.3 is 0 Å². The molecule has 1 atom stereocenters. The smallest absolute Gasteiger partial charge is 0.265 e. The van der Waals surface area contributed by atoms with Crippen LogP contribution in [0.4, 0.5) is 5.69 Å². The van der Waals surface area contributed by atoms with Crippen molar-refractivity contribution in [2.45, 2.75) is 46.8 Å². The molecule has 0 spiro atoms. The van der Waals surface area contributed by atoms with Gasteiger partial charge in [-0.3, -0.25) is 4.79 Å². The summed E-state index contributed by atoms with van der Waals surface area (Å²) >= 11 is 6.16. The zero-order valence-electron chi connectivity index (χ0n) is 15.2. The predicted octanol–water partition coefficient (Wildman–Crippen LogP) is 5.15. The number of carbonyl (C=O) groups is 1. The van der Waals surface area contributed by atoms with E-state index < -0.39 is 6.10 Å². The number of ether oxygens (including phenoxy) is 2. The standard InChI is InChI=1S/C20H24ClNO3/c1-12(2)24-17-8-6-7-16(11-17)22-20(23)15(5)25-18-9-13(3)19(21)14(4)10-18/h6-12,15H,1-5H3,(H,22,23)/t15-/m0/s1. The Labute approximate surface area is 154 Å². The molecule has 0 aromatic heterocycles. The fourth-order valence-corrected chi connectivity index (χ4v) is 2.50. The van der Waals surface area contributed by atoms with Gasteiger partial charge in [0, 0.05) is 16.8 Å².